The van der Waals surface area contributed by atoms with Gasteiger partial charge in [-0.15, -0.1) is 0 Å². The summed E-state index contributed by atoms with van der Waals surface area (Å²) in [4.78, 5) is 4.34. The van der Waals surface area contributed by atoms with Gasteiger partial charge in [0, 0.05) is 5.56 Å². The average molecular weight is 422 g/mol. The van der Waals surface area contributed by atoms with Crippen molar-refractivity contribution in [3.05, 3.63) is 76.4 Å². The predicted molar refractivity (Wildman–Crippen MR) is 116 cm³/mol. The van der Waals surface area contributed by atoms with E-state index in [1.165, 1.54) is 12.1 Å². The van der Waals surface area contributed by atoms with Crippen molar-refractivity contribution >= 4 is 5.71 Å². The quantitative estimate of drug-likeness (QED) is 0.280. The topological polar surface area (TPSA) is 30.8 Å². The van der Waals surface area contributed by atoms with Crippen molar-refractivity contribution in [2.24, 2.45) is 5.16 Å². The second-order valence-corrected chi connectivity index (χ2v) is 6.41. The number of oxime groups is 1. The highest BCUT2D eigenvalue weighted by Gasteiger charge is 2.37. The zero-order valence-corrected chi connectivity index (χ0v) is 18.4. The van der Waals surface area contributed by atoms with Crippen LogP contribution >= 0.6 is 0 Å². The zero-order chi connectivity index (χ0) is 22.7. The normalized spacial score (nSPS) is 11.8. The Labute approximate surface area is 177 Å². The van der Waals surface area contributed by atoms with Crippen LogP contribution < -0.4 is 4.74 Å². The highest BCUT2D eigenvalue weighted by atomic mass is 19.4. The van der Waals surface area contributed by atoms with Crippen molar-refractivity contribution in [2.45, 2.75) is 47.2 Å². The molecule has 0 saturated heterocycles. The van der Waals surface area contributed by atoms with Crippen LogP contribution in [0.1, 0.15) is 48.6 Å². The number of halogens is 3. The van der Waals surface area contributed by atoms with E-state index in [1.54, 1.807) is 12.1 Å². The highest BCUT2D eigenvalue weighted by Crippen LogP contribution is 2.26. The molecular weight excluding hydrogens is 391 g/mol. The van der Waals surface area contributed by atoms with Crippen molar-refractivity contribution in [2.75, 3.05) is 13.7 Å². The lowest BCUT2D eigenvalue weighted by Gasteiger charge is -2.14. The molecule has 0 aliphatic carbocycles. The number of allylic oxidation sites excluding steroid dienone is 1. The molecule has 0 spiro atoms. The van der Waals surface area contributed by atoms with Crippen molar-refractivity contribution in [1.29, 1.82) is 0 Å². The summed E-state index contributed by atoms with van der Waals surface area (Å²) in [7, 11) is 1.09. The Morgan fingerprint density at radius 1 is 1.03 bits per heavy atom. The Hall–Kier alpha value is -2.76. The van der Waals surface area contributed by atoms with Gasteiger partial charge in [0.15, 0.2) is 5.71 Å². The molecule has 0 N–H and O–H groups in total. The van der Waals surface area contributed by atoms with E-state index < -0.39 is 11.9 Å². The number of hydrogen-bond acceptors (Lipinski definition) is 3. The summed E-state index contributed by atoms with van der Waals surface area (Å²) in [5.74, 6) is 0.804. The zero-order valence-electron chi connectivity index (χ0n) is 18.4. The van der Waals surface area contributed by atoms with Crippen molar-refractivity contribution in [3.63, 3.8) is 0 Å². The van der Waals surface area contributed by atoms with Crippen LogP contribution in [0.2, 0.25) is 0 Å². The van der Waals surface area contributed by atoms with E-state index in [4.69, 9.17) is 4.74 Å². The first-order valence-electron chi connectivity index (χ1n) is 9.88. The summed E-state index contributed by atoms with van der Waals surface area (Å²) in [5.41, 5.74) is 3.13. The third-order valence-corrected chi connectivity index (χ3v) is 4.31. The van der Waals surface area contributed by atoms with Crippen LogP contribution in [0.4, 0.5) is 13.2 Å². The number of alkyl halides is 3. The predicted octanol–water partition coefficient (Wildman–Crippen LogP) is 6.79. The summed E-state index contributed by atoms with van der Waals surface area (Å²) in [6, 6.07) is 10.2. The van der Waals surface area contributed by atoms with Crippen molar-refractivity contribution in [3.8, 4) is 5.75 Å². The lowest BCUT2D eigenvalue weighted by molar-refractivity contribution is -0.0608. The van der Waals surface area contributed by atoms with Crippen LogP contribution in [0.5, 0.6) is 5.75 Å². The lowest BCUT2D eigenvalue weighted by Crippen LogP contribution is -2.24. The fourth-order valence-corrected chi connectivity index (χ4v) is 2.90. The average Bonchev–Trinajstić information content (AvgIpc) is 2.70. The summed E-state index contributed by atoms with van der Waals surface area (Å²) in [5, 5.41) is 3.12. The number of ether oxygens (including phenoxy) is 1. The van der Waals surface area contributed by atoms with E-state index in [0.29, 0.717) is 13.0 Å². The van der Waals surface area contributed by atoms with E-state index in [1.807, 2.05) is 58.9 Å². The van der Waals surface area contributed by atoms with Gasteiger partial charge in [0.2, 0.25) is 0 Å². The van der Waals surface area contributed by atoms with Gasteiger partial charge in [0.1, 0.15) is 19.5 Å². The largest absolute Gasteiger partial charge is 0.490 e. The standard InChI is InChI=1S/C22H24F3NO2.C2H6/c1-5-6-11-28-19-12-15(2)20(16(3)13-19)14-17-7-9-18(10-8-17)21(26-27-4)22(23,24)25;1-2/h5-10,12-13H,11,14H2,1-4H3;1-2H3/b6-5+,26-21+;. The molecule has 0 heterocycles. The maximum atomic E-state index is 13.1. The van der Waals surface area contributed by atoms with Crippen LogP contribution in [0, 0.1) is 13.8 Å². The number of nitrogens with zero attached hydrogens (tertiary/aromatic N) is 1. The minimum Gasteiger partial charge on any atom is -0.490 e. The summed E-state index contributed by atoms with van der Waals surface area (Å²) >= 11 is 0. The first-order valence-corrected chi connectivity index (χ1v) is 9.88. The van der Waals surface area contributed by atoms with E-state index >= 15 is 0 Å². The molecule has 0 saturated carbocycles. The molecule has 2 aromatic carbocycles. The number of aryl methyl sites for hydroxylation is 2. The Morgan fingerprint density at radius 3 is 2.07 bits per heavy atom. The molecule has 0 aliphatic rings. The minimum absolute atomic E-state index is 0.0285. The van der Waals surface area contributed by atoms with Crippen molar-refractivity contribution < 1.29 is 22.7 Å². The molecule has 0 radical (unpaired) electrons. The molecule has 2 rings (SSSR count). The first kappa shape index (κ1) is 25.3. The van der Waals surface area contributed by atoms with Gasteiger partial charge >= 0.3 is 6.18 Å². The molecule has 0 fully saturated rings. The van der Waals surface area contributed by atoms with E-state index in [2.05, 4.69) is 9.99 Å². The van der Waals surface area contributed by atoms with Gasteiger partial charge in [-0.05, 0) is 61.6 Å². The van der Waals surface area contributed by atoms with Gasteiger partial charge < -0.3 is 9.57 Å². The molecule has 0 aliphatic heterocycles. The first-order chi connectivity index (χ1) is 14.3. The van der Waals surface area contributed by atoms with Gasteiger partial charge in [-0.3, -0.25) is 0 Å². The maximum absolute atomic E-state index is 13.1. The molecule has 0 amide bonds. The number of hydrogen-bond donors (Lipinski definition) is 0. The summed E-state index contributed by atoms with van der Waals surface area (Å²) in [6.45, 7) is 10.5. The third-order valence-electron chi connectivity index (χ3n) is 4.31. The Kier molecular flexibility index (Phi) is 10.2. The molecule has 0 atom stereocenters. The van der Waals surface area contributed by atoms with E-state index in [0.717, 1.165) is 35.1 Å². The fourth-order valence-electron chi connectivity index (χ4n) is 2.90. The third kappa shape index (κ3) is 7.25. The van der Waals surface area contributed by atoms with Crippen molar-refractivity contribution in [1.82, 2.24) is 0 Å². The SMILES string of the molecule is C/C=C/COc1cc(C)c(Cc2ccc(/C(=N\OC)C(F)(F)F)cc2)c(C)c1.CC. The molecule has 3 nitrogen and oxygen atoms in total. The summed E-state index contributed by atoms with van der Waals surface area (Å²) < 4.78 is 44.9. The molecule has 0 aromatic heterocycles. The molecule has 0 unspecified atom stereocenters. The number of rotatable bonds is 7. The Morgan fingerprint density at radius 2 is 1.60 bits per heavy atom. The summed E-state index contributed by atoms with van der Waals surface area (Å²) in [6.07, 6.45) is -0.0924. The van der Waals surface area contributed by atoms with Crippen LogP contribution in [0.25, 0.3) is 0 Å². The molecule has 6 heteroatoms. The smallest absolute Gasteiger partial charge is 0.437 e. The van der Waals surface area contributed by atoms with Gasteiger partial charge in [-0.2, -0.15) is 13.2 Å². The van der Waals surface area contributed by atoms with Crippen LogP contribution in [0.3, 0.4) is 0 Å². The number of benzene rings is 2. The molecule has 30 heavy (non-hydrogen) atoms. The van der Waals surface area contributed by atoms with Crippen LogP contribution in [0.15, 0.2) is 53.7 Å². The van der Waals surface area contributed by atoms with E-state index in [-0.39, 0.29) is 5.56 Å². The Balaban J connectivity index is 0.00000218. The fraction of sp³-hybridized carbons (Fsp3) is 0.375. The van der Waals surface area contributed by atoms with E-state index in [9.17, 15) is 13.2 Å². The maximum Gasteiger partial charge on any atom is 0.437 e. The Bertz CT molecular complexity index is 831. The second-order valence-electron chi connectivity index (χ2n) is 6.41. The monoisotopic (exact) mass is 421 g/mol. The lowest BCUT2D eigenvalue weighted by atomic mass is 9.95. The highest BCUT2D eigenvalue weighted by molar-refractivity contribution is 6.04. The van der Waals surface area contributed by atoms with Gasteiger partial charge in [0.25, 0.3) is 0 Å². The molecule has 2 aromatic rings. The second kappa shape index (κ2) is 12.1. The molecule has 0 bridgehead atoms. The molecular formula is C24H30F3NO2. The van der Waals surface area contributed by atoms with Gasteiger partial charge in [-0.1, -0.05) is 55.4 Å². The van der Waals surface area contributed by atoms with Gasteiger partial charge in [0.05, 0.1) is 0 Å². The van der Waals surface area contributed by atoms with Crippen LogP contribution in [-0.4, -0.2) is 25.6 Å². The minimum atomic E-state index is -4.58. The molecule has 164 valence electrons. The van der Waals surface area contributed by atoms with Crippen LogP contribution in [-0.2, 0) is 11.3 Å². The van der Waals surface area contributed by atoms with Gasteiger partial charge in [-0.25, -0.2) is 0 Å².